The lowest BCUT2D eigenvalue weighted by Gasteiger charge is -2.33. The smallest absolute Gasteiger partial charge is 0.00387 e. The van der Waals surface area contributed by atoms with E-state index in [4.69, 9.17) is 0 Å². The lowest BCUT2D eigenvalue weighted by Crippen LogP contribution is -2.36. The third-order valence-electron chi connectivity index (χ3n) is 4.68. The van der Waals surface area contributed by atoms with E-state index in [1.54, 1.807) is 0 Å². The number of hydrogen-bond acceptors (Lipinski definition) is 2. The van der Waals surface area contributed by atoms with E-state index in [0.29, 0.717) is 6.04 Å². The van der Waals surface area contributed by atoms with Crippen molar-refractivity contribution < 1.29 is 0 Å². The molecule has 0 spiro atoms. The number of unbranched alkanes of at least 4 members (excludes halogenated alkanes) is 1. The number of rotatable bonds is 9. The fourth-order valence-electron chi connectivity index (χ4n) is 3.12. The zero-order valence-electron chi connectivity index (χ0n) is 13.8. The Morgan fingerprint density at radius 1 is 1.11 bits per heavy atom. The van der Waals surface area contributed by atoms with Crippen LogP contribution in [0.1, 0.15) is 66.2 Å². The average Bonchev–Trinajstić information content (AvgIpc) is 2.41. The molecule has 114 valence electrons. The molecule has 1 heterocycles. The summed E-state index contributed by atoms with van der Waals surface area (Å²) < 4.78 is 0. The topological polar surface area (TPSA) is 15.3 Å². The molecule has 0 aromatic heterocycles. The molecule has 1 saturated heterocycles. The summed E-state index contributed by atoms with van der Waals surface area (Å²) in [5.41, 5.74) is 0. The van der Waals surface area contributed by atoms with Crippen molar-refractivity contribution in [2.24, 2.45) is 11.8 Å². The SMILES string of the molecule is CCCNC(C)CCCCN1CCC(C(C)C)CC1. The predicted octanol–water partition coefficient (Wildman–Crippen LogP) is 3.91. The van der Waals surface area contributed by atoms with Crippen molar-refractivity contribution in [3.63, 3.8) is 0 Å². The van der Waals surface area contributed by atoms with Crippen molar-refractivity contribution in [2.75, 3.05) is 26.2 Å². The van der Waals surface area contributed by atoms with Crippen LogP contribution in [0, 0.1) is 11.8 Å². The van der Waals surface area contributed by atoms with E-state index >= 15 is 0 Å². The van der Waals surface area contributed by atoms with Gasteiger partial charge in [-0.1, -0.05) is 27.2 Å². The molecule has 0 aliphatic carbocycles. The van der Waals surface area contributed by atoms with Gasteiger partial charge in [-0.15, -0.1) is 0 Å². The number of piperidine rings is 1. The molecule has 0 aromatic carbocycles. The minimum atomic E-state index is 0.701. The van der Waals surface area contributed by atoms with Crippen molar-refractivity contribution in [3.05, 3.63) is 0 Å². The molecule has 0 amide bonds. The highest BCUT2D eigenvalue weighted by molar-refractivity contribution is 4.74. The van der Waals surface area contributed by atoms with Crippen molar-refractivity contribution in [1.29, 1.82) is 0 Å². The molecule has 1 aliphatic heterocycles. The second kappa shape index (κ2) is 9.77. The Hall–Kier alpha value is -0.0800. The van der Waals surface area contributed by atoms with E-state index in [1.165, 1.54) is 64.7 Å². The molecule has 2 nitrogen and oxygen atoms in total. The highest BCUT2D eigenvalue weighted by Gasteiger charge is 2.20. The van der Waals surface area contributed by atoms with Gasteiger partial charge in [0, 0.05) is 6.04 Å². The number of nitrogens with one attached hydrogen (secondary N) is 1. The van der Waals surface area contributed by atoms with Gasteiger partial charge >= 0.3 is 0 Å². The quantitative estimate of drug-likeness (QED) is 0.638. The van der Waals surface area contributed by atoms with Gasteiger partial charge in [-0.2, -0.15) is 0 Å². The third kappa shape index (κ3) is 7.31. The van der Waals surface area contributed by atoms with Crippen LogP contribution in [0.4, 0.5) is 0 Å². The van der Waals surface area contributed by atoms with E-state index in [-0.39, 0.29) is 0 Å². The Balaban J connectivity index is 1.99. The van der Waals surface area contributed by atoms with Gasteiger partial charge in [-0.05, 0) is 77.0 Å². The summed E-state index contributed by atoms with van der Waals surface area (Å²) in [6.07, 6.45) is 8.18. The first kappa shape index (κ1) is 17.0. The Labute approximate surface area is 121 Å². The summed E-state index contributed by atoms with van der Waals surface area (Å²) in [4.78, 5) is 2.68. The molecular formula is C17H36N2. The Bertz CT molecular complexity index is 207. The molecule has 0 bridgehead atoms. The van der Waals surface area contributed by atoms with Crippen LogP contribution in [0.2, 0.25) is 0 Å². The van der Waals surface area contributed by atoms with Gasteiger partial charge in [-0.25, -0.2) is 0 Å². The number of likely N-dealkylation sites (tertiary alicyclic amines) is 1. The Morgan fingerprint density at radius 3 is 2.37 bits per heavy atom. The van der Waals surface area contributed by atoms with Crippen LogP contribution in [0.3, 0.4) is 0 Å². The van der Waals surface area contributed by atoms with Gasteiger partial charge in [0.05, 0.1) is 0 Å². The maximum atomic E-state index is 3.58. The lowest BCUT2D eigenvalue weighted by molar-refractivity contribution is 0.155. The molecule has 2 heteroatoms. The van der Waals surface area contributed by atoms with Crippen LogP contribution >= 0.6 is 0 Å². The van der Waals surface area contributed by atoms with Gasteiger partial charge in [-0.3, -0.25) is 0 Å². The number of nitrogens with zero attached hydrogens (tertiary/aromatic N) is 1. The molecule has 0 aromatic rings. The summed E-state index contributed by atoms with van der Waals surface area (Å²) in [7, 11) is 0. The van der Waals surface area contributed by atoms with Crippen molar-refractivity contribution in [2.45, 2.75) is 72.3 Å². The summed E-state index contributed by atoms with van der Waals surface area (Å²) in [5, 5.41) is 3.58. The first-order chi connectivity index (χ1) is 9.13. The molecule has 19 heavy (non-hydrogen) atoms. The molecular weight excluding hydrogens is 232 g/mol. The van der Waals surface area contributed by atoms with Crippen LogP contribution in [0.15, 0.2) is 0 Å². The standard InChI is InChI=1S/C17H36N2/c1-5-11-18-16(4)8-6-7-12-19-13-9-17(10-14-19)15(2)3/h15-18H,5-14H2,1-4H3. The van der Waals surface area contributed by atoms with E-state index in [0.717, 1.165) is 11.8 Å². The molecule has 1 fully saturated rings. The summed E-state index contributed by atoms with van der Waals surface area (Å²) >= 11 is 0. The van der Waals surface area contributed by atoms with Crippen LogP contribution in [0.25, 0.3) is 0 Å². The minimum absolute atomic E-state index is 0.701. The Kier molecular flexibility index (Phi) is 8.72. The van der Waals surface area contributed by atoms with Crippen LogP contribution in [0.5, 0.6) is 0 Å². The predicted molar refractivity (Wildman–Crippen MR) is 85.6 cm³/mol. The van der Waals surface area contributed by atoms with Gasteiger partial charge in [0.2, 0.25) is 0 Å². The van der Waals surface area contributed by atoms with Crippen molar-refractivity contribution >= 4 is 0 Å². The highest BCUT2D eigenvalue weighted by atomic mass is 15.1. The van der Waals surface area contributed by atoms with Crippen LogP contribution in [-0.2, 0) is 0 Å². The highest BCUT2D eigenvalue weighted by Crippen LogP contribution is 2.24. The fraction of sp³-hybridized carbons (Fsp3) is 1.00. The van der Waals surface area contributed by atoms with Gasteiger partial charge in [0.25, 0.3) is 0 Å². The first-order valence-electron chi connectivity index (χ1n) is 8.59. The van der Waals surface area contributed by atoms with Crippen LogP contribution < -0.4 is 5.32 Å². The maximum Gasteiger partial charge on any atom is 0.00387 e. The molecule has 1 atom stereocenters. The zero-order chi connectivity index (χ0) is 14.1. The van der Waals surface area contributed by atoms with Gasteiger partial charge < -0.3 is 10.2 Å². The van der Waals surface area contributed by atoms with Crippen LogP contribution in [-0.4, -0.2) is 37.1 Å². The lowest BCUT2D eigenvalue weighted by atomic mass is 9.87. The zero-order valence-corrected chi connectivity index (χ0v) is 13.8. The molecule has 1 aliphatic rings. The molecule has 1 N–H and O–H groups in total. The van der Waals surface area contributed by atoms with E-state index in [2.05, 4.69) is 37.9 Å². The summed E-state index contributed by atoms with van der Waals surface area (Å²) in [5.74, 6) is 1.86. The first-order valence-corrected chi connectivity index (χ1v) is 8.59. The molecule has 0 saturated carbocycles. The largest absolute Gasteiger partial charge is 0.314 e. The molecule has 1 rings (SSSR count). The minimum Gasteiger partial charge on any atom is -0.314 e. The average molecular weight is 268 g/mol. The Morgan fingerprint density at radius 2 is 1.79 bits per heavy atom. The van der Waals surface area contributed by atoms with E-state index in [1.807, 2.05) is 0 Å². The van der Waals surface area contributed by atoms with Gasteiger partial charge in [0.1, 0.15) is 0 Å². The van der Waals surface area contributed by atoms with Crippen molar-refractivity contribution in [3.8, 4) is 0 Å². The third-order valence-corrected chi connectivity index (χ3v) is 4.68. The number of hydrogen-bond donors (Lipinski definition) is 1. The van der Waals surface area contributed by atoms with Gasteiger partial charge in [0.15, 0.2) is 0 Å². The second-order valence-electron chi connectivity index (χ2n) is 6.77. The maximum absolute atomic E-state index is 3.58. The monoisotopic (exact) mass is 268 g/mol. The summed E-state index contributed by atoms with van der Waals surface area (Å²) in [6.45, 7) is 14.5. The molecule has 1 unspecified atom stereocenters. The summed E-state index contributed by atoms with van der Waals surface area (Å²) in [6, 6.07) is 0.701. The van der Waals surface area contributed by atoms with E-state index in [9.17, 15) is 0 Å². The second-order valence-corrected chi connectivity index (χ2v) is 6.77. The normalized spacial score (nSPS) is 20.1. The van der Waals surface area contributed by atoms with Crippen molar-refractivity contribution in [1.82, 2.24) is 10.2 Å². The fourth-order valence-corrected chi connectivity index (χ4v) is 3.12. The molecule has 0 radical (unpaired) electrons. The van der Waals surface area contributed by atoms with E-state index < -0.39 is 0 Å².